The molecule has 2 N–H and O–H groups in total. The van der Waals surface area contributed by atoms with Gasteiger partial charge in [0.05, 0.1) is 0 Å². The molecule has 0 bridgehead atoms. The van der Waals surface area contributed by atoms with Crippen LogP contribution in [0.5, 0.6) is 0 Å². The third kappa shape index (κ3) is 1.81. The first-order valence-electron chi connectivity index (χ1n) is 5.93. The SMILES string of the molecule is Nc1ccc(N2CCC3CC3CC2)cc1. The molecule has 3 rings (SSSR count). The van der Waals surface area contributed by atoms with Gasteiger partial charge in [-0.25, -0.2) is 0 Å². The van der Waals surface area contributed by atoms with E-state index in [0.29, 0.717) is 0 Å². The molecule has 1 aromatic rings. The summed E-state index contributed by atoms with van der Waals surface area (Å²) < 4.78 is 0. The van der Waals surface area contributed by atoms with Crippen LogP contribution in [-0.2, 0) is 0 Å². The maximum Gasteiger partial charge on any atom is 0.0367 e. The molecule has 1 saturated heterocycles. The molecule has 1 aromatic carbocycles. The molecule has 2 atom stereocenters. The Morgan fingerprint density at radius 1 is 1.00 bits per heavy atom. The fourth-order valence-corrected chi connectivity index (χ4v) is 2.72. The molecular weight excluding hydrogens is 184 g/mol. The summed E-state index contributed by atoms with van der Waals surface area (Å²) in [4.78, 5) is 2.51. The fraction of sp³-hybridized carbons (Fsp3) is 0.538. The summed E-state index contributed by atoms with van der Waals surface area (Å²) in [5.41, 5.74) is 7.89. The topological polar surface area (TPSA) is 29.3 Å². The van der Waals surface area contributed by atoms with Gasteiger partial charge in [0.15, 0.2) is 0 Å². The zero-order valence-electron chi connectivity index (χ0n) is 9.02. The van der Waals surface area contributed by atoms with Gasteiger partial charge in [-0.05, 0) is 55.4 Å². The van der Waals surface area contributed by atoms with Gasteiger partial charge in [-0.1, -0.05) is 0 Å². The standard InChI is InChI=1S/C13H18N2/c14-12-1-3-13(4-2-12)15-7-5-10-9-11(10)6-8-15/h1-4,10-11H,5-9,14H2. The lowest BCUT2D eigenvalue weighted by molar-refractivity contribution is 0.685. The van der Waals surface area contributed by atoms with Crippen LogP contribution in [0.4, 0.5) is 11.4 Å². The molecule has 0 amide bonds. The minimum absolute atomic E-state index is 0.858. The Kier molecular flexibility index (Phi) is 2.08. The van der Waals surface area contributed by atoms with Crippen molar-refractivity contribution in [3.63, 3.8) is 0 Å². The van der Waals surface area contributed by atoms with Crippen molar-refractivity contribution in [1.82, 2.24) is 0 Å². The second-order valence-corrected chi connectivity index (χ2v) is 4.91. The van der Waals surface area contributed by atoms with Crippen LogP contribution < -0.4 is 10.6 Å². The lowest BCUT2D eigenvalue weighted by Gasteiger charge is -2.23. The zero-order chi connectivity index (χ0) is 10.3. The maximum atomic E-state index is 5.70. The van der Waals surface area contributed by atoms with Crippen molar-refractivity contribution in [3.8, 4) is 0 Å². The highest BCUT2D eigenvalue weighted by molar-refractivity contribution is 5.53. The van der Waals surface area contributed by atoms with Crippen LogP contribution in [0.25, 0.3) is 0 Å². The van der Waals surface area contributed by atoms with Crippen molar-refractivity contribution < 1.29 is 0 Å². The Bertz CT molecular complexity index is 332. The minimum Gasteiger partial charge on any atom is -0.399 e. The Labute approximate surface area is 91.1 Å². The van der Waals surface area contributed by atoms with E-state index < -0.39 is 0 Å². The van der Waals surface area contributed by atoms with E-state index in [4.69, 9.17) is 5.73 Å². The average Bonchev–Trinajstić information content (AvgIpc) is 2.97. The predicted molar refractivity (Wildman–Crippen MR) is 63.9 cm³/mol. The van der Waals surface area contributed by atoms with Crippen LogP contribution >= 0.6 is 0 Å². The third-order valence-corrected chi connectivity index (χ3v) is 3.87. The first kappa shape index (κ1) is 9.08. The van der Waals surface area contributed by atoms with Gasteiger partial charge in [0, 0.05) is 24.5 Å². The van der Waals surface area contributed by atoms with Crippen LogP contribution in [0.2, 0.25) is 0 Å². The molecule has 80 valence electrons. The van der Waals surface area contributed by atoms with E-state index >= 15 is 0 Å². The molecule has 2 unspecified atom stereocenters. The molecule has 1 saturated carbocycles. The third-order valence-electron chi connectivity index (χ3n) is 3.87. The van der Waals surface area contributed by atoms with Gasteiger partial charge in [0.1, 0.15) is 0 Å². The molecule has 1 heterocycles. The molecule has 1 aliphatic heterocycles. The molecule has 2 heteroatoms. The summed E-state index contributed by atoms with van der Waals surface area (Å²) in [5.74, 6) is 2.09. The van der Waals surface area contributed by atoms with Crippen molar-refractivity contribution in [3.05, 3.63) is 24.3 Å². The number of nitrogens with zero attached hydrogens (tertiary/aromatic N) is 1. The van der Waals surface area contributed by atoms with Crippen molar-refractivity contribution in [2.75, 3.05) is 23.7 Å². The van der Waals surface area contributed by atoms with Gasteiger partial charge in [-0.2, -0.15) is 0 Å². The van der Waals surface area contributed by atoms with E-state index in [1.165, 1.54) is 38.0 Å². The summed E-state index contributed by atoms with van der Waals surface area (Å²) in [5, 5.41) is 0. The largest absolute Gasteiger partial charge is 0.399 e. The van der Waals surface area contributed by atoms with Crippen LogP contribution in [0, 0.1) is 11.8 Å². The number of nitrogens with two attached hydrogens (primary N) is 1. The van der Waals surface area contributed by atoms with E-state index in [-0.39, 0.29) is 0 Å². The number of rotatable bonds is 1. The molecule has 0 aromatic heterocycles. The molecule has 15 heavy (non-hydrogen) atoms. The molecule has 1 aliphatic carbocycles. The van der Waals surface area contributed by atoms with Crippen molar-refractivity contribution >= 4 is 11.4 Å². The Balaban J connectivity index is 1.73. The number of hydrogen-bond acceptors (Lipinski definition) is 2. The summed E-state index contributed by atoms with van der Waals surface area (Å²) in [7, 11) is 0. The quantitative estimate of drug-likeness (QED) is 0.709. The summed E-state index contributed by atoms with van der Waals surface area (Å²) in [6.45, 7) is 2.45. The van der Waals surface area contributed by atoms with Gasteiger partial charge in [0.2, 0.25) is 0 Å². The van der Waals surface area contributed by atoms with Crippen molar-refractivity contribution in [2.24, 2.45) is 11.8 Å². The summed E-state index contributed by atoms with van der Waals surface area (Å²) in [6.07, 6.45) is 4.26. The Hall–Kier alpha value is -1.18. The number of fused-ring (bicyclic) bond motifs is 1. The Morgan fingerprint density at radius 2 is 1.60 bits per heavy atom. The lowest BCUT2D eigenvalue weighted by Crippen LogP contribution is -2.24. The monoisotopic (exact) mass is 202 g/mol. The van der Waals surface area contributed by atoms with E-state index in [0.717, 1.165) is 17.5 Å². The first-order valence-corrected chi connectivity index (χ1v) is 5.93. The number of anilines is 2. The predicted octanol–water partition coefficient (Wildman–Crippen LogP) is 2.51. The Morgan fingerprint density at radius 3 is 2.20 bits per heavy atom. The molecular formula is C13H18N2. The van der Waals surface area contributed by atoms with Gasteiger partial charge in [0.25, 0.3) is 0 Å². The van der Waals surface area contributed by atoms with Gasteiger partial charge in [-0.3, -0.25) is 0 Å². The molecule has 0 radical (unpaired) electrons. The number of hydrogen-bond donors (Lipinski definition) is 1. The van der Waals surface area contributed by atoms with Gasteiger partial charge < -0.3 is 10.6 Å². The van der Waals surface area contributed by atoms with Crippen LogP contribution in [0.3, 0.4) is 0 Å². The minimum atomic E-state index is 0.858. The zero-order valence-corrected chi connectivity index (χ0v) is 9.02. The first-order chi connectivity index (χ1) is 7.33. The lowest BCUT2D eigenvalue weighted by atomic mass is 10.2. The molecule has 2 nitrogen and oxygen atoms in total. The molecule has 0 spiro atoms. The van der Waals surface area contributed by atoms with Gasteiger partial charge in [-0.15, -0.1) is 0 Å². The normalized spacial score (nSPS) is 29.5. The highest BCUT2D eigenvalue weighted by atomic mass is 15.1. The number of benzene rings is 1. The van der Waals surface area contributed by atoms with E-state index in [1.807, 2.05) is 12.1 Å². The summed E-state index contributed by atoms with van der Waals surface area (Å²) >= 11 is 0. The fourth-order valence-electron chi connectivity index (χ4n) is 2.72. The van der Waals surface area contributed by atoms with Crippen LogP contribution in [0.15, 0.2) is 24.3 Å². The highest BCUT2D eigenvalue weighted by Gasteiger charge is 2.38. The van der Waals surface area contributed by atoms with Crippen LogP contribution in [-0.4, -0.2) is 13.1 Å². The molecule has 2 fully saturated rings. The van der Waals surface area contributed by atoms with Crippen molar-refractivity contribution in [1.29, 1.82) is 0 Å². The van der Waals surface area contributed by atoms with E-state index in [9.17, 15) is 0 Å². The maximum absolute atomic E-state index is 5.70. The highest BCUT2D eigenvalue weighted by Crippen LogP contribution is 2.45. The van der Waals surface area contributed by atoms with E-state index in [2.05, 4.69) is 17.0 Å². The smallest absolute Gasteiger partial charge is 0.0367 e. The van der Waals surface area contributed by atoms with Crippen LogP contribution in [0.1, 0.15) is 19.3 Å². The second-order valence-electron chi connectivity index (χ2n) is 4.91. The average molecular weight is 202 g/mol. The van der Waals surface area contributed by atoms with E-state index in [1.54, 1.807) is 0 Å². The molecule has 2 aliphatic rings. The van der Waals surface area contributed by atoms with Crippen molar-refractivity contribution in [2.45, 2.75) is 19.3 Å². The summed E-state index contributed by atoms with van der Waals surface area (Å²) in [6, 6.07) is 8.29. The number of nitrogen functional groups attached to an aromatic ring is 1. The second kappa shape index (κ2) is 3.44. The van der Waals surface area contributed by atoms with Gasteiger partial charge >= 0.3 is 0 Å².